The maximum absolute atomic E-state index is 2.38. The zero-order valence-electron chi connectivity index (χ0n) is 21.9. The molecule has 0 aromatic heterocycles. The van der Waals surface area contributed by atoms with Crippen molar-refractivity contribution in [3.63, 3.8) is 0 Å². The van der Waals surface area contributed by atoms with Crippen LogP contribution < -0.4 is 0 Å². The summed E-state index contributed by atoms with van der Waals surface area (Å²) in [4.78, 5) is 0. The van der Waals surface area contributed by atoms with Crippen LogP contribution in [0.2, 0.25) is 0 Å². The molecule has 0 unspecified atom stereocenters. The molecule has 1 atom stereocenters. The molecule has 0 heteroatoms. The minimum absolute atomic E-state index is 0.0511. The molecule has 0 aliphatic heterocycles. The number of fused-ring (bicyclic) bond motifs is 3. The first-order valence-electron chi connectivity index (χ1n) is 13.8. The largest absolute Gasteiger partial charge is 0.0622 e. The molecule has 6 aromatic rings. The fraction of sp³-hybridized carbons (Fsp3) is 0.0769. The minimum atomic E-state index is -0.449. The Bertz CT molecular complexity index is 1600. The molecule has 0 spiro atoms. The monoisotopic (exact) mass is 498 g/mol. The molecule has 1 aliphatic carbocycles. The Labute approximate surface area is 231 Å². The highest BCUT2D eigenvalue weighted by molar-refractivity contribution is 5.79. The Morgan fingerprint density at radius 1 is 0.410 bits per heavy atom. The van der Waals surface area contributed by atoms with E-state index in [9.17, 15) is 0 Å². The van der Waals surface area contributed by atoms with Gasteiger partial charge in [0, 0.05) is 5.92 Å². The maximum atomic E-state index is 2.38. The summed E-state index contributed by atoms with van der Waals surface area (Å²) in [6, 6.07) is 60.3. The first kappa shape index (κ1) is 23.4. The Kier molecular flexibility index (Phi) is 5.94. The topological polar surface area (TPSA) is 0 Å². The van der Waals surface area contributed by atoms with E-state index in [4.69, 9.17) is 0 Å². The highest BCUT2D eigenvalue weighted by atomic mass is 14.5. The summed E-state index contributed by atoms with van der Waals surface area (Å²) in [5, 5.41) is 0. The van der Waals surface area contributed by atoms with E-state index >= 15 is 0 Å². The normalized spacial score (nSPS) is 12.9. The van der Waals surface area contributed by atoms with Crippen LogP contribution in [0, 0.1) is 0 Å². The maximum Gasteiger partial charge on any atom is 0.0560 e. The van der Waals surface area contributed by atoms with Crippen LogP contribution in [0.15, 0.2) is 164 Å². The van der Waals surface area contributed by atoms with E-state index in [0.717, 1.165) is 6.42 Å². The van der Waals surface area contributed by atoms with E-state index in [-0.39, 0.29) is 5.92 Å². The third-order valence-corrected chi connectivity index (χ3v) is 8.45. The summed E-state index contributed by atoms with van der Waals surface area (Å²) < 4.78 is 0. The van der Waals surface area contributed by atoms with E-state index in [1.165, 1.54) is 50.1 Å². The summed E-state index contributed by atoms with van der Waals surface area (Å²) in [6.45, 7) is 0. The highest BCUT2D eigenvalue weighted by Gasteiger charge is 2.46. The summed E-state index contributed by atoms with van der Waals surface area (Å²) in [5.41, 5.74) is 11.7. The van der Waals surface area contributed by atoms with Crippen molar-refractivity contribution < 1.29 is 0 Å². The molecule has 0 heterocycles. The predicted molar refractivity (Wildman–Crippen MR) is 162 cm³/mol. The molecule has 0 N–H and O–H groups in total. The summed E-state index contributed by atoms with van der Waals surface area (Å²) >= 11 is 0. The van der Waals surface area contributed by atoms with Crippen molar-refractivity contribution in [3.05, 3.63) is 203 Å². The van der Waals surface area contributed by atoms with Crippen molar-refractivity contribution in [1.29, 1.82) is 0 Å². The van der Waals surface area contributed by atoms with Gasteiger partial charge in [-0.1, -0.05) is 164 Å². The van der Waals surface area contributed by atoms with Crippen LogP contribution in [0.4, 0.5) is 0 Å². The van der Waals surface area contributed by atoms with Gasteiger partial charge in [-0.3, -0.25) is 0 Å². The van der Waals surface area contributed by atoms with Crippen LogP contribution in [0.3, 0.4) is 0 Å². The molecule has 186 valence electrons. The van der Waals surface area contributed by atoms with Gasteiger partial charge in [0.2, 0.25) is 0 Å². The summed E-state index contributed by atoms with van der Waals surface area (Å²) in [5.74, 6) is 0.0511. The highest BCUT2D eigenvalue weighted by Crippen LogP contribution is 2.54. The van der Waals surface area contributed by atoms with Gasteiger partial charge < -0.3 is 0 Å². The molecule has 7 rings (SSSR count). The lowest BCUT2D eigenvalue weighted by Gasteiger charge is -2.44. The van der Waals surface area contributed by atoms with Gasteiger partial charge in [0.05, 0.1) is 5.41 Å². The molecule has 0 bridgehead atoms. The lowest BCUT2D eigenvalue weighted by molar-refractivity contribution is 0.535. The molecular weight excluding hydrogens is 468 g/mol. The molecular formula is C39H30. The van der Waals surface area contributed by atoms with E-state index in [1.807, 2.05) is 0 Å². The van der Waals surface area contributed by atoms with Crippen molar-refractivity contribution >= 4 is 0 Å². The third kappa shape index (κ3) is 3.83. The predicted octanol–water partition coefficient (Wildman–Crippen LogP) is 9.42. The molecule has 0 saturated carbocycles. The third-order valence-electron chi connectivity index (χ3n) is 8.45. The Hall–Kier alpha value is -4.68. The van der Waals surface area contributed by atoms with Gasteiger partial charge in [-0.25, -0.2) is 0 Å². The van der Waals surface area contributed by atoms with Gasteiger partial charge in [0.15, 0.2) is 0 Å². The molecule has 0 nitrogen and oxygen atoms in total. The molecule has 39 heavy (non-hydrogen) atoms. The first-order chi connectivity index (χ1) is 19.4. The molecule has 0 fully saturated rings. The van der Waals surface area contributed by atoms with Crippen LogP contribution in [0.5, 0.6) is 0 Å². The van der Waals surface area contributed by atoms with Crippen molar-refractivity contribution in [2.45, 2.75) is 17.8 Å². The van der Waals surface area contributed by atoms with E-state index in [0.29, 0.717) is 0 Å². The fourth-order valence-electron chi connectivity index (χ4n) is 6.86. The standard InChI is InChI=1S/C39H30/c1-5-16-29(17-6-1)38(36-27-15-26-35-34-25-14-13-18-30(34)28-37(35)36)39(31-19-7-2-8-20-31,32-21-9-3-10-22-32)33-23-11-4-12-24-33/h1-27,38H,28H2/t38-/m0/s1. The van der Waals surface area contributed by atoms with E-state index < -0.39 is 5.41 Å². The summed E-state index contributed by atoms with van der Waals surface area (Å²) in [7, 11) is 0. The van der Waals surface area contributed by atoms with Crippen LogP contribution in [-0.2, 0) is 11.8 Å². The molecule has 0 radical (unpaired) electrons. The van der Waals surface area contributed by atoms with Gasteiger partial charge in [0.25, 0.3) is 0 Å². The van der Waals surface area contributed by atoms with Crippen molar-refractivity contribution in [1.82, 2.24) is 0 Å². The lowest BCUT2D eigenvalue weighted by atomic mass is 9.57. The number of hydrogen-bond acceptors (Lipinski definition) is 0. The average molecular weight is 499 g/mol. The first-order valence-corrected chi connectivity index (χ1v) is 13.8. The average Bonchev–Trinajstić information content (AvgIpc) is 3.41. The van der Waals surface area contributed by atoms with Gasteiger partial charge in [-0.05, 0) is 56.5 Å². The zero-order chi connectivity index (χ0) is 26.1. The Morgan fingerprint density at radius 3 is 1.44 bits per heavy atom. The van der Waals surface area contributed by atoms with Gasteiger partial charge in [0.1, 0.15) is 0 Å². The second-order valence-corrected chi connectivity index (χ2v) is 10.5. The number of rotatable bonds is 6. The smallest absolute Gasteiger partial charge is 0.0560 e. The van der Waals surface area contributed by atoms with Gasteiger partial charge in [-0.2, -0.15) is 0 Å². The quantitative estimate of drug-likeness (QED) is 0.200. The minimum Gasteiger partial charge on any atom is -0.0622 e. The second kappa shape index (κ2) is 9.89. The van der Waals surface area contributed by atoms with Crippen molar-refractivity contribution in [2.24, 2.45) is 0 Å². The van der Waals surface area contributed by atoms with Gasteiger partial charge >= 0.3 is 0 Å². The Morgan fingerprint density at radius 2 is 0.872 bits per heavy atom. The molecule has 1 aliphatic rings. The van der Waals surface area contributed by atoms with Crippen molar-refractivity contribution in [3.8, 4) is 11.1 Å². The van der Waals surface area contributed by atoms with Crippen molar-refractivity contribution in [2.75, 3.05) is 0 Å². The number of benzene rings is 6. The zero-order valence-corrected chi connectivity index (χ0v) is 21.9. The van der Waals surface area contributed by atoms with Gasteiger partial charge in [-0.15, -0.1) is 0 Å². The van der Waals surface area contributed by atoms with E-state index in [1.54, 1.807) is 0 Å². The second-order valence-electron chi connectivity index (χ2n) is 10.5. The Balaban J connectivity index is 1.62. The lowest BCUT2D eigenvalue weighted by Crippen LogP contribution is -2.37. The van der Waals surface area contributed by atoms with Crippen LogP contribution in [0.25, 0.3) is 11.1 Å². The SMILES string of the molecule is c1ccc([C@@H](c2cccc3c2Cc2ccccc2-3)C(c2ccccc2)(c2ccccc2)c2ccccc2)cc1. The molecule has 6 aromatic carbocycles. The summed E-state index contributed by atoms with van der Waals surface area (Å²) in [6.07, 6.45) is 0.958. The van der Waals surface area contributed by atoms with Crippen LogP contribution >= 0.6 is 0 Å². The fourth-order valence-corrected chi connectivity index (χ4v) is 6.86. The van der Waals surface area contributed by atoms with E-state index in [2.05, 4.69) is 164 Å². The number of hydrogen-bond donors (Lipinski definition) is 0. The van der Waals surface area contributed by atoms with Crippen LogP contribution in [-0.4, -0.2) is 0 Å². The molecule has 0 saturated heterocycles. The molecule has 0 amide bonds. The van der Waals surface area contributed by atoms with Crippen LogP contribution in [0.1, 0.15) is 44.9 Å².